The van der Waals surface area contributed by atoms with Crippen LogP contribution in [0.15, 0.2) is 18.2 Å². The van der Waals surface area contributed by atoms with Crippen molar-refractivity contribution in [2.75, 3.05) is 14.2 Å². The van der Waals surface area contributed by atoms with Crippen LogP contribution in [-0.4, -0.2) is 36.4 Å². The van der Waals surface area contributed by atoms with E-state index < -0.39 is 18.1 Å². The monoisotopic (exact) mass is 241 g/mol. The minimum atomic E-state index is -1.41. The van der Waals surface area contributed by atoms with Crippen molar-refractivity contribution >= 4 is 5.97 Å². The molecule has 1 aromatic carbocycles. The van der Waals surface area contributed by atoms with Gasteiger partial charge in [0.1, 0.15) is 23.6 Å². The Kier molecular flexibility index (Phi) is 4.30. The highest BCUT2D eigenvalue weighted by atomic mass is 16.5. The zero-order valence-corrected chi connectivity index (χ0v) is 9.58. The Balaban J connectivity index is 3.08. The molecule has 0 heterocycles. The van der Waals surface area contributed by atoms with Crippen LogP contribution in [-0.2, 0) is 4.79 Å². The Bertz CT molecular complexity index is 407. The first-order valence-electron chi connectivity index (χ1n) is 4.89. The van der Waals surface area contributed by atoms with E-state index in [-0.39, 0.29) is 0 Å². The van der Waals surface area contributed by atoms with Gasteiger partial charge in [0.2, 0.25) is 0 Å². The largest absolute Gasteiger partial charge is 0.497 e. The topological polar surface area (TPSA) is 102 Å². The third-order valence-electron chi connectivity index (χ3n) is 2.38. The number of hydrogen-bond acceptors (Lipinski definition) is 5. The summed E-state index contributed by atoms with van der Waals surface area (Å²) in [7, 11) is 2.91. The van der Waals surface area contributed by atoms with Crippen molar-refractivity contribution in [2.24, 2.45) is 5.73 Å². The second kappa shape index (κ2) is 5.51. The lowest BCUT2D eigenvalue weighted by Crippen LogP contribution is -2.36. The molecule has 0 saturated carbocycles. The molecule has 0 aliphatic heterocycles. The Morgan fingerprint density at radius 3 is 2.47 bits per heavy atom. The number of carbonyl (C=O) groups is 1. The van der Waals surface area contributed by atoms with Gasteiger partial charge in [0.15, 0.2) is 0 Å². The molecule has 17 heavy (non-hydrogen) atoms. The van der Waals surface area contributed by atoms with Gasteiger partial charge >= 0.3 is 5.97 Å². The fraction of sp³-hybridized carbons (Fsp3) is 0.364. The Morgan fingerprint density at radius 2 is 2.00 bits per heavy atom. The van der Waals surface area contributed by atoms with Gasteiger partial charge in [0.25, 0.3) is 0 Å². The predicted octanol–water partition coefficient (Wildman–Crippen LogP) is 0.149. The number of nitrogens with two attached hydrogens (primary N) is 1. The lowest BCUT2D eigenvalue weighted by molar-refractivity contribution is -0.141. The normalized spacial score (nSPS) is 13.9. The minimum Gasteiger partial charge on any atom is -0.497 e. The number of ether oxygens (including phenoxy) is 2. The second-order valence-electron chi connectivity index (χ2n) is 3.42. The highest BCUT2D eigenvalue weighted by Crippen LogP contribution is 2.30. The quantitative estimate of drug-likeness (QED) is 0.678. The van der Waals surface area contributed by atoms with Gasteiger partial charge in [-0.25, -0.2) is 0 Å². The Labute approximate surface area is 98.6 Å². The number of carboxylic acid groups (broad SMARTS) is 1. The van der Waals surface area contributed by atoms with E-state index >= 15 is 0 Å². The van der Waals surface area contributed by atoms with Gasteiger partial charge in [-0.2, -0.15) is 0 Å². The number of aliphatic carboxylic acids is 1. The summed E-state index contributed by atoms with van der Waals surface area (Å²) in [4.78, 5) is 10.7. The number of hydrogen-bond donors (Lipinski definition) is 3. The van der Waals surface area contributed by atoms with Crippen LogP contribution < -0.4 is 15.2 Å². The van der Waals surface area contributed by atoms with Crippen molar-refractivity contribution in [3.63, 3.8) is 0 Å². The van der Waals surface area contributed by atoms with Crippen LogP contribution in [0.2, 0.25) is 0 Å². The highest BCUT2D eigenvalue weighted by molar-refractivity contribution is 5.74. The van der Waals surface area contributed by atoms with Crippen LogP contribution in [0.4, 0.5) is 0 Å². The van der Waals surface area contributed by atoms with Gasteiger partial charge in [-0.05, 0) is 12.1 Å². The molecule has 0 bridgehead atoms. The molecule has 2 unspecified atom stereocenters. The van der Waals surface area contributed by atoms with Crippen LogP contribution in [0, 0.1) is 0 Å². The van der Waals surface area contributed by atoms with Crippen molar-refractivity contribution in [3.8, 4) is 11.5 Å². The molecule has 94 valence electrons. The highest BCUT2D eigenvalue weighted by Gasteiger charge is 2.26. The third-order valence-corrected chi connectivity index (χ3v) is 2.38. The summed E-state index contributed by atoms with van der Waals surface area (Å²) >= 11 is 0. The SMILES string of the molecule is COc1ccc(C(O)C(N)C(=O)O)c(OC)c1. The summed E-state index contributed by atoms with van der Waals surface area (Å²) in [5, 5.41) is 18.5. The number of methoxy groups -OCH3 is 2. The average molecular weight is 241 g/mol. The van der Waals surface area contributed by atoms with E-state index in [9.17, 15) is 9.90 Å². The van der Waals surface area contributed by atoms with Crippen molar-refractivity contribution in [2.45, 2.75) is 12.1 Å². The van der Waals surface area contributed by atoms with E-state index in [0.29, 0.717) is 17.1 Å². The molecular weight excluding hydrogens is 226 g/mol. The van der Waals surface area contributed by atoms with Crippen LogP contribution in [0.5, 0.6) is 11.5 Å². The molecular formula is C11H15NO5. The molecule has 1 rings (SSSR count). The van der Waals surface area contributed by atoms with Crippen LogP contribution in [0.1, 0.15) is 11.7 Å². The molecule has 0 aliphatic rings. The second-order valence-corrected chi connectivity index (χ2v) is 3.42. The lowest BCUT2D eigenvalue weighted by atomic mass is 10.0. The van der Waals surface area contributed by atoms with Crippen molar-refractivity contribution in [1.82, 2.24) is 0 Å². The van der Waals surface area contributed by atoms with Gasteiger partial charge in [0.05, 0.1) is 14.2 Å². The van der Waals surface area contributed by atoms with Crippen LogP contribution in [0.3, 0.4) is 0 Å². The molecule has 0 amide bonds. The molecule has 2 atom stereocenters. The first-order chi connectivity index (χ1) is 8.01. The van der Waals surface area contributed by atoms with E-state index in [1.165, 1.54) is 20.3 Å². The standard InChI is InChI=1S/C11H15NO5/c1-16-6-3-4-7(8(5-6)17-2)10(13)9(12)11(14)15/h3-5,9-10,13H,12H2,1-2H3,(H,14,15). The molecule has 0 spiro atoms. The predicted molar refractivity (Wildman–Crippen MR) is 60.1 cm³/mol. The zero-order chi connectivity index (χ0) is 13.0. The number of carboxylic acids is 1. The maximum atomic E-state index is 10.7. The van der Waals surface area contributed by atoms with Gasteiger partial charge in [-0.15, -0.1) is 0 Å². The molecule has 1 aromatic rings. The minimum absolute atomic E-state index is 0.309. The molecule has 0 aliphatic carbocycles. The number of aliphatic hydroxyl groups is 1. The fourth-order valence-electron chi connectivity index (χ4n) is 1.39. The molecule has 0 fully saturated rings. The lowest BCUT2D eigenvalue weighted by Gasteiger charge is -2.18. The summed E-state index contributed by atoms with van der Waals surface area (Å²) in [5.41, 5.74) is 5.66. The number of rotatable bonds is 5. The van der Waals surface area contributed by atoms with E-state index in [4.69, 9.17) is 20.3 Å². The first kappa shape index (κ1) is 13.3. The summed E-state index contributed by atoms with van der Waals surface area (Å²) in [6.07, 6.45) is -1.34. The molecule has 6 heteroatoms. The summed E-state index contributed by atoms with van der Waals surface area (Å²) in [6, 6.07) is 3.26. The zero-order valence-electron chi connectivity index (χ0n) is 9.58. The Morgan fingerprint density at radius 1 is 1.35 bits per heavy atom. The maximum absolute atomic E-state index is 10.7. The van der Waals surface area contributed by atoms with E-state index in [2.05, 4.69) is 0 Å². The summed E-state index contributed by atoms with van der Waals surface area (Å²) in [5.74, 6) is -0.411. The van der Waals surface area contributed by atoms with Gasteiger partial charge in [-0.3, -0.25) is 4.79 Å². The first-order valence-corrected chi connectivity index (χ1v) is 4.89. The summed E-state index contributed by atoms with van der Waals surface area (Å²) < 4.78 is 10.0. The number of aliphatic hydroxyl groups excluding tert-OH is 1. The van der Waals surface area contributed by atoms with Gasteiger partial charge in [-0.1, -0.05) is 0 Å². The van der Waals surface area contributed by atoms with E-state index in [1.807, 2.05) is 0 Å². The number of benzene rings is 1. The van der Waals surface area contributed by atoms with Crippen molar-refractivity contribution < 1.29 is 24.5 Å². The van der Waals surface area contributed by atoms with E-state index in [1.54, 1.807) is 12.1 Å². The van der Waals surface area contributed by atoms with Crippen LogP contribution >= 0.6 is 0 Å². The molecule has 6 nitrogen and oxygen atoms in total. The molecule has 0 radical (unpaired) electrons. The molecule has 4 N–H and O–H groups in total. The maximum Gasteiger partial charge on any atom is 0.323 e. The Hall–Kier alpha value is -1.79. The van der Waals surface area contributed by atoms with Crippen molar-refractivity contribution in [1.29, 1.82) is 0 Å². The van der Waals surface area contributed by atoms with Crippen molar-refractivity contribution in [3.05, 3.63) is 23.8 Å². The third kappa shape index (κ3) is 2.86. The van der Waals surface area contributed by atoms with Gasteiger partial charge in [0, 0.05) is 11.6 Å². The van der Waals surface area contributed by atoms with E-state index in [0.717, 1.165) is 0 Å². The summed E-state index contributed by atoms with van der Waals surface area (Å²) in [6.45, 7) is 0. The fourth-order valence-corrected chi connectivity index (χ4v) is 1.39. The van der Waals surface area contributed by atoms with Gasteiger partial charge < -0.3 is 25.4 Å². The average Bonchev–Trinajstić information content (AvgIpc) is 2.35. The molecule has 0 aromatic heterocycles. The molecule has 0 saturated heterocycles. The van der Waals surface area contributed by atoms with Crippen LogP contribution in [0.25, 0.3) is 0 Å². The smallest absolute Gasteiger partial charge is 0.323 e.